The van der Waals surface area contributed by atoms with Crippen molar-refractivity contribution < 1.29 is 14.6 Å². The van der Waals surface area contributed by atoms with E-state index in [4.69, 9.17) is 10.5 Å². The summed E-state index contributed by atoms with van der Waals surface area (Å²) in [7, 11) is 0. The highest BCUT2D eigenvalue weighted by Crippen LogP contribution is 2.25. The predicted octanol–water partition coefficient (Wildman–Crippen LogP) is 2.04. The average Bonchev–Trinajstić information content (AvgIpc) is 2.74. The first-order chi connectivity index (χ1) is 10.2. The number of hydrogen-bond acceptors (Lipinski definition) is 4. The summed E-state index contributed by atoms with van der Waals surface area (Å²) in [4.78, 5) is 14.4. The molecule has 1 aromatic carbocycles. The Hall–Kier alpha value is -1.75. The number of benzene rings is 1. The molecule has 1 fully saturated rings. The summed E-state index contributed by atoms with van der Waals surface area (Å²) in [6.07, 6.45) is 4.00. The van der Waals surface area contributed by atoms with Gasteiger partial charge in [-0.15, -0.1) is 0 Å². The second-order valence-electron chi connectivity index (χ2n) is 5.37. The van der Waals surface area contributed by atoms with Gasteiger partial charge in [0.15, 0.2) is 0 Å². The SMILES string of the molecule is CCOc1ccc(C(=O)N2CCCCCC2CO)cc1N. The molecule has 1 heterocycles. The van der Waals surface area contributed by atoms with Crippen molar-refractivity contribution in [2.45, 2.75) is 38.6 Å². The number of hydrogen-bond donors (Lipinski definition) is 2. The highest BCUT2D eigenvalue weighted by Gasteiger charge is 2.26. The molecule has 5 nitrogen and oxygen atoms in total. The summed E-state index contributed by atoms with van der Waals surface area (Å²) in [6.45, 7) is 3.13. The van der Waals surface area contributed by atoms with Crippen LogP contribution in [0.2, 0.25) is 0 Å². The molecule has 0 saturated carbocycles. The highest BCUT2D eigenvalue weighted by molar-refractivity contribution is 5.95. The van der Waals surface area contributed by atoms with Crippen molar-refractivity contribution in [3.05, 3.63) is 23.8 Å². The third kappa shape index (κ3) is 3.67. The summed E-state index contributed by atoms with van der Waals surface area (Å²) in [6, 6.07) is 5.04. The second kappa shape index (κ2) is 7.31. The Labute approximate surface area is 125 Å². The first-order valence-corrected chi connectivity index (χ1v) is 7.61. The Bertz CT molecular complexity index is 490. The molecule has 1 amide bonds. The van der Waals surface area contributed by atoms with Gasteiger partial charge in [-0.1, -0.05) is 12.8 Å². The zero-order valence-electron chi connectivity index (χ0n) is 12.5. The number of ether oxygens (including phenoxy) is 1. The Morgan fingerprint density at radius 2 is 2.24 bits per heavy atom. The van der Waals surface area contributed by atoms with Gasteiger partial charge in [-0.25, -0.2) is 0 Å². The molecule has 1 aliphatic rings. The van der Waals surface area contributed by atoms with E-state index < -0.39 is 0 Å². The molecule has 1 unspecified atom stereocenters. The van der Waals surface area contributed by atoms with Gasteiger partial charge in [0, 0.05) is 12.1 Å². The lowest BCUT2D eigenvalue weighted by Crippen LogP contribution is -2.42. The number of rotatable bonds is 4. The van der Waals surface area contributed by atoms with E-state index in [1.165, 1.54) is 0 Å². The number of anilines is 1. The maximum atomic E-state index is 12.7. The molecule has 1 aliphatic heterocycles. The number of nitrogens with two attached hydrogens (primary N) is 1. The Kier molecular flexibility index (Phi) is 5.44. The minimum Gasteiger partial charge on any atom is -0.492 e. The van der Waals surface area contributed by atoms with Gasteiger partial charge in [0.05, 0.1) is 24.9 Å². The van der Waals surface area contributed by atoms with Crippen LogP contribution in [0.4, 0.5) is 5.69 Å². The van der Waals surface area contributed by atoms with Gasteiger partial charge in [-0.3, -0.25) is 4.79 Å². The Balaban J connectivity index is 2.19. The van der Waals surface area contributed by atoms with Crippen LogP contribution in [-0.4, -0.2) is 41.7 Å². The smallest absolute Gasteiger partial charge is 0.254 e. The molecule has 0 spiro atoms. The van der Waals surface area contributed by atoms with E-state index in [-0.39, 0.29) is 18.6 Å². The number of carbonyl (C=O) groups excluding carboxylic acids is 1. The second-order valence-corrected chi connectivity index (χ2v) is 5.37. The third-order valence-electron chi connectivity index (χ3n) is 3.91. The van der Waals surface area contributed by atoms with E-state index in [9.17, 15) is 9.90 Å². The van der Waals surface area contributed by atoms with Crippen molar-refractivity contribution in [3.63, 3.8) is 0 Å². The van der Waals surface area contributed by atoms with Gasteiger partial charge in [-0.05, 0) is 38.0 Å². The minimum absolute atomic E-state index is 0.0122. The van der Waals surface area contributed by atoms with Crippen molar-refractivity contribution in [1.82, 2.24) is 4.90 Å². The van der Waals surface area contributed by atoms with Gasteiger partial charge in [0.2, 0.25) is 0 Å². The van der Waals surface area contributed by atoms with Gasteiger partial charge in [-0.2, -0.15) is 0 Å². The summed E-state index contributed by atoms with van der Waals surface area (Å²) in [5.41, 5.74) is 6.95. The summed E-state index contributed by atoms with van der Waals surface area (Å²) >= 11 is 0. The van der Waals surface area contributed by atoms with Crippen LogP contribution in [0, 0.1) is 0 Å². The fourth-order valence-corrected chi connectivity index (χ4v) is 2.77. The summed E-state index contributed by atoms with van der Waals surface area (Å²) in [5.74, 6) is 0.536. The molecule has 1 saturated heterocycles. The number of nitrogen functional groups attached to an aromatic ring is 1. The van der Waals surface area contributed by atoms with Crippen LogP contribution in [0.25, 0.3) is 0 Å². The third-order valence-corrected chi connectivity index (χ3v) is 3.91. The monoisotopic (exact) mass is 292 g/mol. The lowest BCUT2D eigenvalue weighted by molar-refractivity contribution is 0.0600. The number of amides is 1. The summed E-state index contributed by atoms with van der Waals surface area (Å²) < 4.78 is 5.39. The van der Waals surface area contributed by atoms with Crippen LogP contribution in [0.3, 0.4) is 0 Å². The van der Waals surface area contributed by atoms with E-state index >= 15 is 0 Å². The fourth-order valence-electron chi connectivity index (χ4n) is 2.77. The van der Waals surface area contributed by atoms with Crippen LogP contribution in [0.15, 0.2) is 18.2 Å². The molecule has 0 aromatic heterocycles. The van der Waals surface area contributed by atoms with E-state index in [2.05, 4.69) is 0 Å². The molecule has 0 radical (unpaired) electrons. The van der Waals surface area contributed by atoms with E-state index in [0.29, 0.717) is 30.2 Å². The highest BCUT2D eigenvalue weighted by atomic mass is 16.5. The molecule has 1 aromatic rings. The molecule has 0 aliphatic carbocycles. The van der Waals surface area contributed by atoms with Crippen LogP contribution in [0.5, 0.6) is 5.75 Å². The van der Waals surface area contributed by atoms with Gasteiger partial charge in [0.25, 0.3) is 5.91 Å². The lowest BCUT2D eigenvalue weighted by Gasteiger charge is -2.28. The van der Waals surface area contributed by atoms with Crippen LogP contribution < -0.4 is 10.5 Å². The van der Waals surface area contributed by atoms with Crippen LogP contribution in [0.1, 0.15) is 43.0 Å². The number of aliphatic hydroxyl groups is 1. The molecular formula is C16H24N2O3. The predicted molar refractivity (Wildman–Crippen MR) is 82.4 cm³/mol. The topological polar surface area (TPSA) is 75.8 Å². The molecule has 3 N–H and O–H groups in total. The van der Waals surface area contributed by atoms with E-state index in [0.717, 1.165) is 25.7 Å². The maximum Gasteiger partial charge on any atom is 0.254 e. The molecule has 116 valence electrons. The van der Waals surface area contributed by atoms with E-state index in [1.807, 2.05) is 6.92 Å². The van der Waals surface area contributed by atoms with Crippen molar-refractivity contribution in [1.29, 1.82) is 0 Å². The van der Waals surface area contributed by atoms with Crippen LogP contribution in [-0.2, 0) is 0 Å². The van der Waals surface area contributed by atoms with E-state index in [1.54, 1.807) is 23.1 Å². The Morgan fingerprint density at radius 3 is 2.90 bits per heavy atom. The molecule has 2 rings (SSSR count). The van der Waals surface area contributed by atoms with Crippen molar-refractivity contribution >= 4 is 11.6 Å². The molecule has 5 heteroatoms. The van der Waals surface area contributed by atoms with Crippen molar-refractivity contribution in [3.8, 4) is 5.75 Å². The first kappa shape index (κ1) is 15.6. The number of aliphatic hydroxyl groups excluding tert-OH is 1. The average molecular weight is 292 g/mol. The standard InChI is InChI=1S/C16H24N2O3/c1-2-21-15-8-7-12(10-14(15)17)16(20)18-9-5-3-4-6-13(18)11-19/h7-8,10,13,19H,2-6,9,11,17H2,1H3. The first-order valence-electron chi connectivity index (χ1n) is 7.61. The number of nitrogens with zero attached hydrogens (tertiary/aromatic N) is 1. The van der Waals surface area contributed by atoms with Gasteiger partial charge >= 0.3 is 0 Å². The lowest BCUT2D eigenvalue weighted by atomic mass is 10.1. The zero-order valence-corrected chi connectivity index (χ0v) is 12.5. The van der Waals surface area contributed by atoms with Gasteiger partial charge in [0.1, 0.15) is 5.75 Å². The largest absolute Gasteiger partial charge is 0.492 e. The molecule has 21 heavy (non-hydrogen) atoms. The number of likely N-dealkylation sites (tertiary alicyclic amines) is 1. The number of carbonyl (C=O) groups is 1. The zero-order chi connectivity index (χ0) is 15.2. The fraction of sp³-hybridized carbons (Fsp3) is 0.562. The Morgan fingerprint density at radius 1 is 1.43 bits per heavy atom. The minimum atomic E-state index is -0.0900. The van der Waals surface area contributed by atoms with Crippen molar-refractivity contribution in [2.24, 2.45) is 0 Å². The van der Waals surface area contributed by atoms with Crippen molar-refractivity contribution in [2.75, 3.05) is 25.5 Å². The molecule has 1 atom stereocenters. The summed E-state index contributed by atoms with van der Waals surface area (Å²) in [5, 5.41) is 9.51. The molecule has 0 bridgehead atoms. The van der Waals surface area contributed by atoms with Crippen LogP contribution >= 0.6 is 0 Å². The quantitative estimate of drug-likeness (QED) is 0.833. The normalized spacial score (nSPS) is 19.1. The maximum absolute atomic E-state index is 12.7. The molecular weight excluding hydrogens is 268 g/mol. The van der Waals surface area contributed by atoms with Gasteiger partial charge < -0.3 is 20.5 Å².